The number of hydrogen-bond donors (Lipinski definition) is 3. The average Bonchev–Trinajstić information content (AvgIpc) is 2.26. The number of aliphatic carboxylic acids is 1. The van der Waals surface area contributed by atoms with E-state index in [1.165, 1.54) is 0 Å². The molecule has 5 nitrogen and oxygen atoms in total. The molecule has 0 aliphatic carbocycles. The molecule has 5 heteroatoms. The number of benzene rings is 1. The Morgan fingerprint density at radius 1 is 1.35 bits per heavy atom. The van der Waals surface area contributed by atoms with E-state index in [4.69, 9.17) is 10.8 Å². The van der Waals surface area contributed by atoms with Crippen molar-refractivity contribution in [1.82, 2.24) is 5.32 Å². The second kappa shape index (κ2) is 5.45. The van der Waals surface area contributed by atoms with Gasteiger partial charge >= 0.3 is 5.97 Å². The van der Waals surface area contributed by atoms with Crippen LogP contribution < -0.4 is 11.1 Å². The van der Waals surface area contributed by atoms with E-state index in [-0.39, 0.29) is 0 Å². The Morgan fingerprint density at radius 3 is 2.47 bits per heavy atom. The number of hydrogen-bond acceptors (Lipinski definition) is 3. The first-order valence-corrected chi connectivity index (χ1v) is 5.25. The summed E-state index contributed by atoms with van der Waals surface area (Å²) in [6.45, 7) is 1.16. The second-order valence-corrected chi connectivity index (χ2v) is 4.16. The van der Waals surface area contributed by atoms with Crippen molar-refractivity contribution >= 4 is 11.9 Å². The van der Waals surface area contributed by atoms with E-state index in [0.29, 0.717) is 6.42 Å². The predicted molar refractivity (Wildman–Crippen MR) is 63.4 cm³/mol. The minimum absolute atomic E-state index is 0.360. The van der Waals surface area contributed by atoms with Gasteiger partial charge in [0.2, 0.25) is 5.91 Å². The van der Waals surface area contributed by atoms with Gasteiger partial charge in [0.25, 0.3) is 0 Å². The molecule has 1 rings (SSSR count). The zero-order valence-electron chi connectivity index (χ0n) is 9.64. The summed E-state index contributed by atoms with van der Waals surface area (Å²) in [4.78, 5) is 22.0. The van der Waals surface area contributed by atoms with E-state index in [1.807, 2.05) is 30.3 Å². The van der Waals surface area contributed by atoms with E-state index >= 15 is 0 Å². The first kappa shape index (κ1) is 13.2. The van der Waals surface area contributed by atoms with E-state index in [2.05, 4.69) is 5.32 Å². The summed E-state index contributed by atoms with van der Waals surface area (Å²) in [5.41, 5.74) is 5.69. The molecule has 0 fully saturated rings. The van der Waals surface area contributed by atoms with Crippen LogP contribution in [-0.2, 0) is 16.0 Å². The van der Waals surface area contributed by atoms with Crippen molar-refractivity contribution in [2.75, 3.05) is 6.54 Å². The summed E-state index contributed by atoms with van der Waals surface area (Å²) in [5.74, 6) is -1.56. The summed E-state index contributed by atoms with van der Waals surface area (Å²) in [7, 11) is 0. The molecule has 92 valence electrons. The number of nitrogens with one attached hydrogen (secondary N) is 1. The molecule has 4 N–H and O–H groups in total. The van der Waals surface area contributed by atoms with Crippen LogP contribution >= 0.6 is 0 Å². The molecule has 1 aromatic rings. The fourth-order valence-electron chi connectivity index (χ4n) is 1.46. The van der Waals surface area contributed by atoms with E-state index in [0.717, 1.165) is 5.56 Å². The van der Waals surface area contributed by atoms with Crippen LogP contribution in [0.3, 0.4) is 0 Å². The maximum atomic E-state index is 11.7. The Kier molecular flexibility index (Phi) is 4.23. The average molecular weight is 236 g/mol. The van der Waals surface area contributed by atoms with Crippen LogP contribution in [0.25, 0.3) is 0 Å². The third-order valence-corrected chi connectivity index (χ3v) is 2.33. The molecule has 0 radical (unpaired) electrons. The quantitative estimate of drug-likeness (QED) is 0.678. The molecule has 0 aromatic heterocycles. The molecule has 0 unspecified atom stereocenters. The summed E-state index contributed by atoms with van der Waals surface area (Å²) < 4.78 is 0. The van der Waals surface area contributed by atoms with E-state index in [1.54, 1.807) is 6.92 Å². The summed E-state index contributed by atoms with van der Waals surface area (Å²) in [6.07, 6.45) is 0.360. The molecule has 0 aliphatic heterocycles. The highest BCUT2D eigenvalue weighted by molar-refractivity contribution is 5.88. The molecule has 0 spiro atoms. The standard InChI is InChI=1S/C12H16N2O3/c1-12(13,11(17)14-8-10(15)16)7-9-5-3-2-4-6-9/h2-6H,7-8,13H2,1H3,(H,14,17)(H,15,16)/t12-/m1/s1. The van der Waals surface area contributed by atoms with E-state index in [9.17, 15) is 9.59 Å². The van der Waals surface area contributed by atoms with Gasteiger partial charge in [0.05, 0.1) is 5.54 Å². The number of carboxylic acid groups (broad SMARTS) is 1. The normalized spacial score (nSPS) is 13.8. The molecule has 0 bridgehead atoms. The number of carbonyl (C=O) groups is 2. The van der Waals surface area contributed by atoms with Crippen LogP contribution in [-0.4, -0.2) is 29.1 Å². The van der Waals surface area contributed by atoms with Crippen molar-refractivity contribution in [1.29, 1.82) is 0 Å². The fourth-order valence-corrected chi connectivity index (χ4v) is 1.46. The van der Waals surface area contributed by atoms with Crippen molar-refractivity contribution in [2.45, 2.75) is 18.9 Å². The Morgan fingerprint density at radius 2 is 1.94 bits per heavy atom. The third-order valence-electron chi connectivity index (χ3n) is 2.33. The number of amides is 1. The Balaban J connectivity index is 2.61. The zero-order chi connectivity index (χ0) is 12.9. The minimum Gasteiger partial charge on any atom is -0.480 e. The van der Waals surface area contributed by atoms with Crippen molar-refractivity contribution in [2.24, 2.45) is 5.73 Å². The van der Waals surface area contributed by atoms with Gasteiger partial charge in [-0.25, -0.2) is 0 Å². The SMILES string of the molecule is C[C@@](N)(Cc1ccccc1)C(=O)NCC(=O)O. The van der Waals surface area contributed by atoms with Gasteiger partial charge in [0.15, 0.2) is 0 Å². The van der Waals surface area contributed by atoms with Crippen molar-refractivity contribution in [3.63, 3.8) is 0 Å². The first-order chi connectivity index (χ1) is 7.92. The van der Waals surface area contributed by atoms with Crippen molar-refractivity contribution in [3.8, 4) is 0 Å². The molecule has 1 amide bonds. The van der Waals surface area contributed by atoms with Crippen LogP contribution in [0.15, 0.2) is 30.3 Å². The molecule has 1 atom stereocenters. The highest BCUT2D eigenvalue weighted by Gasteiger charge is 2.28. The highest BCUT2D eigenvalue weighted by atomic mass is 16.4. The second-order valence-electron chi connectivity index (χ2n) is 4.16. The molecule has 1 aromatic carbocycles. The highest BCUT2D eigenvalue weighted by Crippen LogP contribution is 2.10. The predicted octanol–water partition coefficient (Wildman–Crippen LogP) is 0.147. The van der Waals surface area contributed by atoms with Gasteiger partial charge in [-0.05, 0) is 18.9 Å². The van der Waals surface area contributed by atoms with E-state index < -0.39 is 24.0 Å². The largest absolute Gasteiger partial charge is 0.480 e. The molecular formula is C12H16N2O3. The lowest BCUT2D eigenvalue weighted by Gasteiger charge is -2.23. The third kappa shape index (κ3) is 4.24. The number of rotatable bonds is 5. The lowest BCUT2D eigenvalue weighted by molar-refractivity contribution is -0.138. The maximum Gasteiger partial charge on any atom is 0.322 e. The van der Waals surface area contributed by atoms with Gasteiger partial charge in [-0.1, -0.05) is 30.3 Å². The van der Waals surface area contributed by atoms with Gasteiger partial charge in [0.1, 0.15) is 6.54 Å². The Hall–Kier alpha value is -1.88. The zero-order valence-corrected chi connectivity index (χ0v) is 9.64. The van der Waals surface area contributed by atoms with Crippen molar-refractivity contribution in [3.05, 3.63) is 35.9 Å². The van der Waals surface area contributed by atoms with Crippen LogP contribution in [0.4, 0.5) is 0 Å². The monoisotopic (exact) mass is 236 g/mol. The van der Waals surface area contributed by atoms with Gasteiger partial charge in [-0.2, -0.15) is 0 Å². The maximum absolute atomic E-state index is 11.7. The van der Waals surface area contributed by atoms with Gasteiger partial charge in [0, 0.05) is 0 Å². The molecule has 0 aliphatic rings. The summed E-state index contributed by atoms with van der Waals surface area (Å²) >= 11 is 0. The molecule has 17 heavy (non-hydrogen) atoms. The van der Waals surface area contributed by atoms with Crippen LogP contribution in [0, 0.1) is 0 Å². The number of carboxylic acids is 1. The molecule has 0 saturated heterocycles. The van der Waals surface area contributed by atoms with Crippen LogP contribution in [0.2, 0.25) is 0 Å². The Bertz CT molecular complexity index is 401. The number of carbonyl (C=O) groups excluding carboxylic acids is 1. The van der Waals surface area contributed by atoms with Gasteiger partial charge < -0.3 is 16.2 Å². The first-order valence-electron chi connectivity index (χ1n) is 5.25. The lowest BCUT2D eigenvalue weighted by Crippen LogP contribution is -2.54. The van der Waals surface area contributed by atoms with Crippen molar-refractivity contribution < 1.29 is 14.7 Å². The molecular weight excluding hydrogens is 220 g/mol. The Labute approximate surface area is 99.6 Å². The van der Waals surface area contributed by atoms with Gasteiger partial charge in [-0.3, -0.25) is 9.59 Å². The molecule has 0 saturated carbocycles. The smallest absolute Gasteiger partial charge is 0.322 e. The summed E-state index contributed by atoms with van der Waals surface area (Å²) in [5, 5.41) is 10.7. The lowest BCUT2D eigenvalue weighted by atomic mass is 9.93. The van der Waals surface area contributed by atoms with Crippen LogP contribution in [0.5, 0.6) is 0 Å². The summed E-state index contributed by atoms with van der Waals surface area (Å²) in [6, 6.07) is 9.34. The molecule has 0 heterocycles. The number of nitrogens with two attached hydrogens (primary N) is 1. The minimum atomic E-state index is -1.11. The van der Waals surface area contributed by atoms with Crippen LogP contribution in [0.1, 0.15) is 12.5 Å². The topological polar surface area (TPSA) is 92.4 Å². The fraction of sp³-hybridized carbons (Fsp3) is 0.333. The van der Waals surface area contributed by atoms with Gasteiger partial charge in [-0.15, -0.1) is 0 Å².